The fourth-order valence-electron chi connectivity index (χ4n) is 3.12. The third-order valence-electron chi connectivity index (χ3n) is 4.29. The van der Waals surface area contributed by atoms with E-state index in [0.29, 0.717) is 19.4 Å². The van der Waals surface area contributed by atoms with Gasteiger partial charge in [0.1, 0.15) is 0 Å². The van der Waals surface area contributed by atoms with Crippen molar-refractivity contribution in [1.82, 2.24) is 14.6 Å². The molecule has 1 saturated carbocycles. The van der Waals surface area contributed by atoms with Crippen LogP contribution >= 0.6 is 0 Å². The molecule has 0 bridgehead atoms. The van der Waals surface area contributed by atoms with Gasteiger partial charge in [-0.05, 0) is 37.3 Å². The van der Waals surface area contributed by atoms with Crippen molar-refractivity contribution in [3.05, 3.63) is 30.1 Å². The summed E-state index contributed by atoms with van der Waals surface area (Å²) in [7, 11) is -3.29. The van der Waals surface area contributed by atoms with Gasteiger partial charge in [0.2, 0.25) is 15.9 Å². The topological polar surface area (TPSA) is 79.4 Å². The van der Waals surface area contributed by atoms with Gasteiger partial charge in [-0.15, -0.1) is 0 Å². The Morgan fingerprint density at radius 2 is 2.18 bits per heavy atom. The van der Waals surface area contributed by atoms with Crippen molar-refractivity contribution in [3.8, 4) is 0 Å². The first-order valence-electron chi connectivity index (χ1n) is 7.61. The Hall–Kier alpha value is -1.47. The zero-order valence-electron chi connectivity index (χ0n) is 12.6. The van der Waals surface area contributed by atoms with E-state index in [4.69, 9.17) is 0 Å². The number of nitrogens with zero attached hydrogens (tertiary/aromatic N) is 2. The van der Waals surface area contributed by atoms with Crippen molar-refractivity contribution >= 4 is 15.9 Å². The Morgan fingerprint density at radius 1 is 1.41 bits per heavy atom. The quantitative estimate of drug-likeness (QED) is 0.858. The molecule has 1 saturated heterocycles. The van der Waals surface area contributed by atoms with Crippen LogP contribution in [0.1, 0.15) is 24.8 Å². The van der Waals surface area contributed by atoms with Gasteiger partial charge in [0.25, 0.3) is 0 Å². The van der Waals surface area contributed by atoms with Crippen molar-refractivity contribution in [2.75, 3.05) is 12.8 Å². The first kappa shape index (κ1) is 15.4. The lowest BCUT2D eigenvalue weighted by atomic mass is 10.0. The number of aromatic nitrogens is 1. The smallest absolute Gasteiger partial charge is 0.225 e. The molecule has 0 spiro atoms. The highest BCUT2D eigenvalue weighted by Gasteiger charge is 2.43. The summed E-state index contributed by atoms with van der Waals surface area (Å²) in [4.78, 5) is 18.4. The fraction of sp³-hybridized carbons (Fsp3) is 0.600. The Bertz CT molecular complexity index is 643. The van der Waals surface area contributed by atoms with Crippen molar-refractivity contribution in [1.29, 1.82) is 0 Å². The van der Waals surface area contributed by atoms with Gasteiger partial charge < -0.3 is 4.90 Å². The van der Waals surface area contributed by atoms with Crippen LogP contribution in [0.3, 0.4) is 0 Å². The summed E-state index contributed by atoms with van der Waals surface area (Å²) in [5.74, 6) is 0.320. The van der Waals surface area contributed by atoms with Crippen LogP contribution in [0, 0.1) is 5.92 Å². The largest absolute Gasteiger partial charge is 0.337 e. The first-order chi connectivity index (χ1) is 10.4. The molecule has 0 aromatic carbocycles. The Balaban J connectivity index is 1.80. The lowest BCUT2D eigenvalue weighted by molar-refractivity contribution is -0.133. The summed E-state index contributed by atoms with van der Waals surface area (Å²) >= 11 is 0. The highest BCUT2D eigenvalue weighted by molar-refractivity contribution is 7.88. The molecule has 22 heavy (non-hydrogen) atoms. The van der Waals surface area contributed by atoms with Crippen LogP contribution in [-0.4, -0.2) is 49.1 Å². The number of rotatable bonds is 5. The minimum absolute atomic E-state index is 0.132. The number of hydrogen-bond donors (Lipinski definition) is 1. The normalized spacial score (nSPS) is 25.4. The number of nitrogens with one attached hydrogen (secondary N) is 1. The lowest BCUT2D eigenvalue weighted by Gasteiger charge is -2.28. The fourth-order valence-corrected chi connectivity index (χ4v) is 3.94. The third-order valence-corrected chi connectivity index (χ3v) is 5.02. The first-order valence-corrected chi connectivity index (χ1v) is 9.50. The molecule has 2 heterocycles. The number of sulfonamides is 1. The number of hydrogen-bond acceptors (Lipinski definition) is 4. The molecule has 1 aromatic heterocycles. The van der Waals surface area contributed by atoms with Gasteiger partial charge in [-0.3, -0.25) is 9.78 Å². The lowest BCUT2D eigenvalue weighted by Crippen LogP contribution is -2.48. The van der Waals surface area contributed by atoms with Crippen molar-refractivity contribution in [3.63, 3.8) is 0 Å². The number of carbonyl (C=O) groups excluding carboxylic acids is 1. The summed E-state index contributed by atoms with van der Waals surface area (Å²) in [6, 6.07) is 3.46. The van der Waals surface area contributed by atoms with Crippen LogP contribution < -0.4 is 4.72 Å². The Kier molecular flexibility index (Phi) is 4.18. The molecule has 120 valence electrons. The van der Waals surface area contributed by atoms with Crippen LogP contribution in [0.2, 0.25) is 0 Å². The average molecular weight is 323 g/mol. The van der Waals surface area contributed by atoms with Gasteiger partial charge in [0, 0.05) is 30.9 Å². The van der Waals surface area contributed by atoms with Gasteiger partial charge in [-0.2, -0.15) is 0 Å². The van der Waals surface area contributed by atoms with E-state index in [1.165, 1.54) is 6.26 Å². The second-order valence-electron chi connectivity index (χ2n) is 6.22. The number of pyridine rings is 1. The predicted octanol–water partition coefficient (Wildman–Crippen LogP) is 0.553. The second-order valence-corrected chi connectivity index (χ2v) is 8.00. The van der Waals surface area contributed by atoms with Crippen LogP contribution in [0.4, 0.5) is 0 Å². The predicted molar refractivity (Wildman–Crippen MR) is 82.6 cm³/mol. The van der Waals surface area contributed by atoms with Gasteiger partial charge >= 0.3 is 0 Å². The molecule has 1 aliphatic heterocycles. The summed E-state index contributed by atoms with van der Waals surface area (Å²) in [6.45, 7) is 0.619. The standard InChI is InChI=1S/C15H21N3O3S/c1-22(20,21)17-13-6-8-18(15(19)12-4-5-12)14(13)9-11-3-2-7-16-10-11/h2-3,7,10,12-14,17H,4-6,8-9H2,1H3/t13?,14-/m0/s1. The van der Waals surface area contributed by atoms with E-state index in [-0.39, 0.29) is 23.9 Å². The molecule has 1 N–H and O–H groups in total. The molecule has 1 amide bonds. The van der Waals surface area contributed by atoms with E-state index in [0.717, 1.165) is 18.4 Å². The van der Waals surface area contributed by atoms with E-state index in [9.17, 15) is 13.2 Å². The zero-order valence-corrected chi connectivity index (χ0v) is 13.4. The number of likely N-dealkylation sites (tertiary alicyclic amines) is 1. The van der Waals surface area contributed by atoms with Crippen LogP contribution in [0.25, 0.3) is 0 Å². The van der Waals surface area contributed by atoms with E-state index in [2.05, 4.69) is 9.71 Å². The summed E-state index contributed by atoms with van der Waals surface area (Å²) in [5, 5.41) is 0. The molecule has 2 fully saturated rings. The van der Waals surface area contributed by atoms with E-state index >= 15 is 0 Å². The summed E-state index contributed by atoms with van der Waals surface area (Å²) < 4.78 is 25.9. The highest BCUT2D eigenvalue weighted by Crippen LogP contribution is 2.34. The number of amides is 1. The third kappa shape index (κ3) is 3.64. The van der Waals surface area contributed by atoms with Crippen LogP contribution in [0.15, 0.2) is 24.5 Å². The van der Waals surface area contributed by atoms with Gasteiger partial charge in [-0.25, -0.2) is 13.1 Å². The van der Waals surface area contributed by atoms with E-state index < -0.39 is 10.0 Å². The molecule has 1 aliphatic carbocycles. The minimum Gasteiger partial charge on any atom is -0.337 e. The van der Waals surface area contributed by atoms with Crippen molar-refractivity contribution in [2.45, 2.75) is 37.8 Å². The maximum atomic E-state index is 12.5. The van der Waals surface area contributed by atoms with Crippen molar-refractivity contribution < 1.29 is 13.2 Å². The van der Waals surface area contributed by atoms with Gasteiger partial charge in [0.15, 0.2) is 0 Å². The van der Waals surface area contributed by atoms with Crippen molar-refractivity contribution in [2.24, 2.45) is 5.92 Å². The highest BCUT2D eigenvalue weighted by atomic mass is 32.2. The maximum Gasteiger partial charge on any atom is 0.225 e. The molecular formula is C15H21N3O3S. The molecule has 1 unspecified atom stereocenters. The monoisotopic (exact) mass is 323 g/mol. The number of carbonyl (C=O) groups is 1. The van der Waals surface area contributed by atoms with Gasteiger partial charge in [-0.1, -0.05) is 6.07 Å². The van der Waals surface area contributed by atoms with Crippen LogP contribution in [-0.2, 0) is 21.2 Å². The maximum absolute atomic E-state index is 12.5. The Labute approximate surface area is 131 Å². The molecular weight excluding hydrogens is 302 g/mol. The SMILES string of the molecule is CS(=O)(=O)NC1CCN(C(=O)C2CC2)[C@H]1Cc1cccnc1. The Morgan fingerprint density at radius 3 is 2.77 bits per heavy atom. The molecule has 2 atom stereocenters. The zero-order chi connectivity index (χ0) is 15.7. The average Bonchev–Trinajstić information content (AvgIpc) is 3.24. The van der Waals surface area contributed by atoms with E-state index in [1.54, 1.807) is 12.4 Å². The summed E-state index contributed by atoms with van der Waals surface area (Å²) in [6.07, 6.45) is 7.85. The molecule has 0 radical (unpaired) electrons. The minimum atomic E-state index is -3.29. The molecule has 7 heteroatoms. The van der Waals surface area contributed by atoms with Crippen LogP contribution in [0.5, 0.6) is 0 Å². The molecule has 2 aliphatic rings. The second kappa shape index (κ2) is 5.96. The molecule has 1 aromatic rings. The van der Waals surface area contributed by atoms with E-state index in [1.807, 2.05) is 17.0 Å². The summed E-state index contributed by atoms with van der Waals surface area (Å²) in [5.41, 5.74) is 1.02. The molecule has 3 rings (SSSR count). The van der Waals surface area contributed by atoms with Gasteiger partial charge in [0.05, 0.1) is 12.3 Å². The molecule has 6 nitrogen and oxygen atoms in total.